The van der Waals surface area contributed by atoms with E-state index in [0.29, 0.717) is 18.4 Å². The van der Waals surface area contributed by atoms with Crippen molar-refractivity contribution in [3.8, 4) is 11.3 Å². The molecule has 0 aliphatic carbocycles. The standard InChI is InChI=1S/C18H21N3O2/c1-13(19-2)12-17-20-18(23-21-17)11-9-15-8-10-16(22-15)14-6-4-3-5-7-14/h3-8,10,13,19H,9,11-12H2,1-2H3. The van der Waals surface area contributed by atoms with Crippen LogP contribution in [0.1, 0.15) is 24.4 Å². The van der Waals surface area contributed by atoms with Crippen LogP contribution in [-0.4, -0.2) is 23.2 Å². The summed E-state index contributed by atoms with van der Waals surface area (Å²) in [4.78, 5) is 4.42. The van der Waals surface area contributed by atoms with Gasteiger partial charge in [0.05, 0.1) is 0 Å². The lowest BCUT2D eigenvalue weighted by atomic mass is 10.2. The fraction of sp³-hybridized carbons (Fsp3) is 0.333. The molecule has 1 aromatic carbocycles. The van der Waals surface area contributed by atoms with E-state index >= 15 is 0 Å². The molecule has 0 fully saturated rings. The molecule has 5 nitrogen and oxygen atoms in total. The fourth-order valence-electron chi connectivity index (χ4n) is 2.35. The van der Waals surface area contributed by atoms with Gasteiger partial charge in [-0.25, -0.2) is 0 Å². The van der Waals surface area contributed by atoms with E-state index in [2.05, 4.69) is 22.4 Å². The van der Waals surface area contributed by atoms with Crippen molar-refractivity contribution in [2.45, 2.75) is 32.2 Å². The molecule has 120 valence electrons. The molecular formula is C18H21N3O2. The third-order valence-electron chi connectivity index (χ3n) is 3.80. The van der Waals surface area contributed by atoms with E-state index in [1.807, 2.05) is 49.5 Å². The Balaban J connectivity index is 1.58. The number of aryl methyl sites for hydroxylation is 2. The maximum absolute atomic E-state index is 5.88. The van der Waals surface area contributed by atoms with Gasteiger partial charge in [0.25, 0.3) is 0 Å². The average Bonchev–Trinajstić information content (AvgIpc) is 3.23. The van der Waals surface area contributed by atoms with Crippen LogP contribution in [0.4, 0.5) is 0 Å². The molecule has 3 aromatic rings. The van der Waals surface area contributed by atoms with Crippen LogP contribution >= 0.6 is 0 Å². The van der Waals surface area contributed by atoms with Gasteiger partial charge >= 0.3 is 0 Å². The highest BCUT2D eigenvalue weighted by atomic mass is 16.5. The monoisotopic (exact) mass is 311 g/mol. The number of rotatable bonds is 7. The highest BCUT2D eigenvalue weighted by Gasteiger charge is 2.11. The minimum atomic E-state index is 0.332. The van der Waals surface area contributed by atoms with E-state index < -0.39 is 0 Å². The fourth-order valence-corrected chi connectivity index (χ4v) is 2.35. The van der Waals surface area contributed by atoms with Gasteiger partial charge in [-0.3, -0.25) is 0 Å². The van der Waals surface area contributed by atoms with Gasteiger partial charge in [-0.05, 0) is 26.1 Å². The van der Waals surface area contributed by atoms with Crippen LogP contribution in [0, 0.1) is 0 Å². The molecule has 1 N–H and O–H groups in total. The number of aromatic nitrogens is 2. The molecule has 5 heteroatoms. The number of hydrogen-bond donors (Lipinski definition) is 1. The van der Waals surface area contributed by atoms with E-state index in [1.165, 1.54) is 0 Å². The number of hydrogen-bond acceptors (Lipinski definition) is 5. The van der Waals surface area contributed by atoms with Crippen molar-refractivity contribution in [3.63, 3.8) is 0 Å². The minimum absolute atomic E-state index is 0.332. The zero-order valence-electron chi connectivity index (χ0n) is 13.5. The van der Waals surface area contributed by atoms with Crippen molar-refractivity contribution >= 4 is 0 Å². The molecule has 2 heterocycles. The molecule has 0 radical (unpaired) electrons. The first-order valence-corrected chi connectivity index (χ1v) is 7.87. The molecule has 1 atom stereocenters. The largest absolute Gasteiger partial charge is 0.461 e. The molecule has 1 unspecified atom stereocenters. The lowest BCUT2D eigenvalue weighted by Gasteiger charge is -2.04. The van der Waals surface area contributed by atoms with Crippen LogP contribution in [0.2, 0.25) is 0 Å². The minimum Gasteiger partial charge on any atom is -0.461 e. The Labute approximate surface area is 135 Å². The number of nitrogens with one attached hydrogen (secondary N) is 1. The predicted molar refractivity (Wildman–Crippen MR) is 88.1 cm³/mol. The number of furan rings is 1. The Morgan fingerprint density at radius 1 is 1.09 bits per heavy atom. The second kappa shape index (κ2) is 7.24. The summed E-state index contributed by atoms with van der Waals surface area (Å²) in [6, 6.07) is 14.4. The highest BCUT2D eigenvalue weighted by Crippen LogP contribution is 2.22. The molecule has 2 aromatic heterocycles. The SMILES string of the molecule is CNC(C)Cc1noc(CCc2ccc(-c3ccccc3)o2)n1. The van der Waals surface area contributed by atoms with Crippen LogP contribution in [0.3, 0.4) is 0 Å². The van der Waals surface area contributed by atoms with Crippen molar-refractivity contribution in [1.29, 1.82) is 0 Å². The number of nitrogens with zero attached hydrogens (tertiary/aromatic N) is 2. The molecule has 0 aliphatic rings. The van der Waals surface area contributed by atoms with E-state index in [-0.39, 0.29) is 0 Å². The second-order valence-corrected chi connectivity index (χ2v) is 5.63. The maximum atomic E-state index is 5.88. The summed E-state index contributed by atoms with van der Waals surface area (Å²) in [7, 11) is 1.92. The van der Waals surface area contributed by atoms with Crippen molar-refractivity contribution < 1.29 is 8.94 Å². The van der Waals surface area contributed by atoms with E-state index in [9.17, 15) is 0 Å². The van der Waals surface area contributed by atoms with Crippen molar-refractivity contribution in [2.24, 2.45) is 0 Å². The summed E-state index contributed by atoms with van der Waals surface area (Å²) in [5.74, 6) is 3.20. The Bertz CT molecular complexity index is 734. The van der Waals surface area contributed by atoms with Gasteiger partial charge in [0.15, 0.2) is 5.82 Å². The van der Waals surface area contributed by atoms with E-state index in [0.717, 1.165) is 35.7 Å². The summed E-state index contributed by atoms with van der Waals surface area (Å²) in [6.07, 6.45) is 2.19. The Morgan fingerprint density at radius 2 is 1.91 bits per heavy atom. The molecule has 3 rings (SSSR count). The number of benzene rings is 1. The van der Waals surface area contributed by atoms with Crippen LogP contribution < -0.4 is 5.32 Å². The number of likely N-dealkylation sites (N-methyl/N-ethyl adjacent to an activating group) is 1. The Morgan fingerprint density at radius 3 is 2.70 bits per heavy atom. The van der Waals surface area contributed by atoms with Crippen molar-refractivity contribution in [1.82, 2.24) is 15.5 Å². The Kier molecular flexibility index (Phi) is 4.88. The molecular weight excluding hydrogens is 290 g/mol. The van der Waals surface area contributed by atoms with Gasteiger partial charge in [-0.15, -0.1) is 0 Å². The van der Waals surface area contributed by atoms with Gasteiger partial charge in [0.2, 0.25) is 5.89 Å². The lowest BCUT2D eigenvalue weighted by molar-refractivity contribution is 0.367. The normalized spacial score (nSPS) is 12.4. The summed E-state index contributed by atoms with van der Waals surface area (Å²) in [5, 5.41) is 7.17. The van der Waals surface area contributed by atoms with Gasteiger partial charge < -0.3 is 14.3 Å². The predicted octanol–water partition coefficient (Wildman–Crippen LogP) is 3.27. The third-order valence-corrected chi connectivity index (χ3v) is 3.80. The Hall–Kier alpha value is -2.40. The van der Waals surface area contributed by atoms with Crippen LogP contribution in [0.15, 0.2) is 51.4 Å². The topological polar surface area (TPSA) is 64.1 Å². The van der Waals surface area contributed by atoms with Crippen molar-refractivity contribution in [2.75, 3.05) is 7.05 Å². The summed E-state index contributed by atoms with van der Waals surface area (Å²) in [5.41, 5.74) is 1.08. The first-order valence-electron chi connectivity index (χ1n) is 7.87. The zero-order valence-corrected chi connectivity index (χ0v) is 13.5. The first kappa shape index (κ1) is 15.5. The summed E-state index contributed by atoms with van der Waals surface area (Å²) >= 11 is 0. The average molecular weight is 311 g/mol. The van der Waals surface area contributed by atoms with Gasteiger partial charge in [0, 0.05) is 30.9 Å². The molecule has 0 saturated carbocycles. The van der Waals surface area contributed by atoms with Gasteiger partial charge in [-0.1, -0.05) is 35.5 Å². The molecule has 0 bridgehead atoms. The molecule has 0 aliphatic heterocycles. The summed E-state index contributed by atoms with van der Waals surface area (Å²) < 4.78 is 11.2. The molecule has 0 spiro atoms. The second-order valence-electron chi connectivity index (χ2n) is 5.63. The highest BCUT2D eigenvalue weighted by molar-refractivity contribution is 5.57. The first-order chi connectivity index (χ1) is 11.2. The van der Waals surface area contributed by atoms with Gasteiger partial charge in [-0.2, -0.15) is 4.98 Å². The lowest BCUT2D eigenvalue weighted by Crippen LogP contribution is -2.24. The van der Waals surface area contributed by atoms with Crippen LogP contribution in [0.25, 0.3) is 11.3 Å². The maximum Gasteiger partial charge on any atom is 0.227 e. The van der Waals surface area contributed by atoms with Crippen molar-refractivity contribution in [3.05, 3.63) is 59.9 Å². The molecule has 23 heavy (non-hydrogen) atoms. The van der Waals surface area contributed by atoms with E-state index in [1.54, 1.807) is 0 Å². The van der Waals surface area contributed by atoms with E-state index in [4.69, 9.17) is 8.94 Å². The quantitative estimate of drug-likeness (QED) is 0.725. The van der Waals surface area contributed by atoms with Gasteiger partial charge in [0.1, 0.15) is 11.5 Å². The smallest absolute Gasteiger partial charge is 0.227 e. The zero-order chi connectivity index (χ0) is 16.1. The van der Waals surface area contributed by atoms with Crippen LogP contribution in [0.5, 0.6) is 0 Å². The summed E-state index contributed by atoms with van der Waals surface area (Å²) in [6.45, 7) is 2.09. The molecule has 0 amide bonds. The van der Waals surface area contributed by atoms with Crippen LogP contribution in [-0.2, 0) is 19.3 Å². The molecule has 0 saturated heterocycles. The third kappa shape index (κ3) is 4.07.